The van der Waals surface area contributed by atoms with Crippen LogP contribution in [-0.4, -0.2) is 87.6 Å². The van der Waals surface area contributed by atoms with Gasteiger partial charge in [-0.15, -0.1) is 10.2 Å². The Bertz CT molecular complexity index is 819. The van der Waals surface area contributed by atoms with Crippen molar-refractivity contribution >= 4 is 5.91 Å². The number of furan rings is 1. The second-order valence-corrected chi connectivity index (χ2v) is 8.83. The van der Waals surface area contributed by atoms with Crippen molar-refractivity contribution in [3.8, 4) is 0 Å². The van der Waals surface area contributed by atoms with Gasteiger partial charge in [0.2, 0.25) is 5.91 Å². The second-order valence-electron chi connectivity index (χ2n) is 8.83. The molecule has 0 bridgehead atoms. The minimum absolute atomic E-state index is 0.0670. The van der Waals surface area contributed by atoms with Crippen LogP contribution in [0.4, 0.5) is 0 Å². The first-order chi connectivity index (χ1) is 14.0. The predicted molar refractivity (Wildman–Crippen MR) is 107 cm³/mol. The first-order valence-electron chi connectivity index (χ1n) is 10.4. The number of hydrogen-bond acceptors (Lipinski definition) is 7. The van der Waals surface area contributed by atoms with Crippen LogP contribution >= 0.6 is 0 Å². The van der Waals surface area contributed by atoms with Gasteiger partial charge in [0.25, 0.3) is 0 Å². The number of aryl methyl sites for hydroxylation is 1. The Labute approximate surface area is 171 Å². The van der Waals surface area contributed by atoms with Gasteiger partial charge < -0.3 is 14.2 Å². The molecule has 0 saturated carbocycles. The van der Waals surface area contributed by atoms with Crippen molar-refractivity contribution in [2.75, 3.05) is 46.8 Å². The molecule has 2 atom stereocenters. The zero-order chi connectivity index (χ0) is 20.4. The zero-order valence-electron chi connectivity index (χ0n) is 17.6. The van der Waals surface area contributed by atoms with Crippen molar-refractivity contribution in [3.63, 3.8) is 0 Å². The average Bonchev–Trinajstić information content (AvgIpc) is 3.40. The van der Waals surface area contributed by atoms with Gasteiger partial charge in [0.1, 0.15) is 18.1 Å². The van der Waals surface area contributed by atoms with Gasteiger partial charge in [0.15, 0.2) is 6.33 Å². The number of likely N-dealkylation sites (tertiary alicyclic amines) is 2. The molecule has 4 rings (SSSR count). The maximum atomic E-state index is 12.8. The van der Waals surface area contributed by atoms with E-state index in [1.54, 1.807) is 0 Å². The Morgan fingerprint density at radius 2 is 2.10 bits per heavy atom. The molecule has 0 aliphatic carbocycles. The van der Waals surface area contributed by atoms with E-state index >= 15 is 0 Å². The Morgan fingerprint density at radius 3 is 2.83 bits per heavy atom. The van der Waals surface area contributed by atoms with Crippen LogP contribution in [0.3, 0.4) is 0 Å². The molecule has 9 heteroatoms. The molecule has 0 radical (unpaired) electrons. The Morgan fingerprint density at radius 1 is 1.28 bits per heavy atom. The van der Waals surface area contributed by atoms with Crippen molar-refractivity contribution in [3.05, 3.63) is 30.0 Å². The molecular weight excluding hydrogens is 370 g/mol. The minimum Gasteiger partial charge on any atom is -0.465 e. The van der Waals surface area contributed by atoms with Crippen LogP contribution in [0.25, 0.3) is 0 Å². The fraction of sp³-hybridized carbons (Fsp3) is 0.700. The van der Waals surface area contributed by atoms with Crippen molar-refractivity contribution in [2.45, 2.75) is 32.9 Å². The summed E-state index contributed by atoms with van der Waals surface area (Å²) in [6.45, 7) is 7.66. The number of amides is 1. The predicted octanol–water partition coefficient (Wildman–Crippen LogP) is 0.741. The van der Waals surface area contributed by atoms with Gasteiger partial charge in [0, 0.05) is 44.6 Å². The maximum absolute atomic E-state index is 12.8. The molecule has 0 aromatic carbocycles. The summed E-state index contributed by atoms with van der Waals surface area (Å²) in [5.74, 6) is 2.64. The summed E-state index contributed by atoms with van der Waals surface area (Å²) in [5.41, 5.74) is 0.0911. The van der Waals surface area contributed by atoms with Crippen LogP contribution in [0.2, 0.25) is 0 Å². The highest BCUT2D eigenvalue weighted by Gasteiger charge is 2.53. The molecule has 2 aliphatic rings. The van der Waals surface area contributed by atoms with E-state index in [2.05, 4.69) is 58.4 Å². The maximum Gasteiger partial charge on any atom is 0.246 e. The standard InChI is InChI=1S/C20H31N7O2/c1-4-5-17-6-7-18(29-17)10-25-8-16-9-26(14-20(16,13-25)12-24(2)3)19(28)11-27-22-15-21-23-27/h6-7,15-16H,4-5,8-14H2,1-3H3. The Kier molecular flexibility index (Phi) is 5.69. The Balaban J connectivity index is 1.41. The number of hydrogen-bond donors (Lipinski definition) is 0. The SMILES string of the molecule is CCCc1ccc(CN2CC3CN(C(=O)Cn4ncnn4)CC3(CN(C)C)C2)o1. The van der Waals surface area contributed by atoms with Crippen LogP contribution < -0.4 is 0 Å². The molecule has 2 aliphatic heterocycles. The highest BCUT2D eigenvalue weighted by Crippen LogP contribution is 2.43. The van der Waals surface area contributed by atoms with Crippen molar-refractivity contribution < 1.29 is 9.21 Å². The van der Waals surface area contributed by atoms with E-state index in [1.807, 2.05) is 4.90 Å². The molecule has 2 unspecified atom stereocenters. The lowest BCUT2D eigenvalue weighted by Gasteiger charge is -2.32. The van der Waals surface area contributed by atoms with E-state index in [-0.39, 0.29) is 17.9 Å². The molecule has 2 saturated heterocycles. The monoisotopic (exact) mass is 401 g/mol. The molecule has 29 heavy (non-hydrogen) atoms. The first-order valence-corrected chi connectivity index (χ1v) is 10.4. The van der Waals surface area contributed by atoms with Crippen molar-refractivity contribution in [1.82, 2.24) is 34.9 Å². The molecule has 0 spiro atoms. The first kappa shape index (κ1) is 20.0. The van der Waals surface area contributed by atoms with Crippen LogP contribution in [0.1, 0.15) is 24.9 Å². The van der Waals surface area contributed by atoms with Crippen LogP contribution in [-0.2, 0) is 24.3 Å². The van der Waals surface area contributed by atoms with E-state index in [0.717, 1.165) is 63.6 Å². The highest BCUT2D eigenvalue weighted by atomic mass is 16.3. The van der Waals surface area contributed by atoms with Crippen LogP contribution in [0.5, 0.6) is 0 Å². The summed E-state index contributed by atoms with van der Waals surface area (Å²) in [4.78, 5) is 20.8. The summed E-state index contributed by atoms with van der Waals surface area (Å²) in [5, 5.41) is 11.5. The summed E-state index contributed by atoms with van der Waals surface area (Å²) >= 11 is 0. The molecule has 1 amide bonds. The second kappa shape index (κ2) is 8.23. The molecule has 4 heterocycles. The smallest absolute Gasteiger partial charge is 0.246 e. The third-order valence-corrected chi connectivity index (χ3v) is 6.07. The minimum atomic E-state index is 0.0670. The van der Waals surface area contributed by atoms with Gasteiger partial charge in [-0.1, -0.05) is 6.92 Å². The van der Waals surface area contributed by atoms with Gasteiger partial charge in [0.05, 0.1) is 6.54 Å². The molecule has 2 aromatic rings. The molecule has 0 N–H and O–H groups in total. The summed E-state index contributed by atoms with van der Waals surface area (Å²) in [7, 11) is 4.23. The molecule has 2 aromatic heterocycles. The third kappa shape index (κ3) is 4.35. The van der Waals surface area contributed by atoms with E-state index < -0.39 is 0 Å². The van der Waals surface area contributed by atoms with Gasteiger partial charge >= 0.3 is 0 Å². The van der Waals surface area contributed by atoms with E-state index in [9.17, 15) is 4.79 Å². The van der Waals surface area contributed by atoms with Gasteiger partial charge in [-0.3, -0.25) is 9.69 Å². The lowest BCUT2D eigenvalue weighted by molar-refractivity contribution is -0.132. The number of carbonyl (C=O) groups is 1. The van der Waals surface area contributed by atoms with E-state index in [1.165, 1.54) is 11.1 Å². The summed E-state index contributed by atoms with van der Waals surface area (Å²) in [6, 6.07) is 4.21. The van der Waals surface area contributed by atoms with Gasteiger partial charge in [-0.25, -0.2) is 0 Å². The van der Waals surface area contributed by atoms with Crippen LogP contribution in [0.15, 0.2) is 22.9 Å². The van der Waals surface area contributed by atoms with Crippen molar-refractivity contribution in [1.29, 1.82) is 0 Å². The molecule has 2 fully saturated rings. The van der Waals surface area contributed by atoms with Gasteiger partial charge in [-0.2, -0.15) is 4.80 Å². The Hall–Kier alpha value is -2.26. The molecule has 9 nitrogen and oxygen atoms in total. The quantitative estimate of drug-likeness (QED) is 0.645. The number of nitrogens with zero attached hydrogens (tertiary/aromatic N) is 7. The average molecular weight is 402 g/mol. The summed E-state index contributed by atoms with van der Waals surface area (Å²) in [6.07, 6.45) is 3.45. The largest absolute Gasteiger partial charge is 0.465 e. The number of tetrazole rings is 1. The van der Waals surface area contributed by atoms with Gasteiger partial charge in [-0.05, 0) is 43.8 Å². The molecular formula is C20H31N7O2. The highest BCUT2D eigenvalue weighted by molar-refractivity contribution is 5.76. The van der Waals surface area contributed by atoms with E-state index in [0.29, 0.717) is 5.92 Å². The number of aromatic nitrogens is 4. The van der Waals surface area contributed by atoms with Crippen molar-refractivity contribution in [2.24, 2.45) is 11.3 Å². The zero-order valence-corrected chi connectivity index (χ0v) is 17.6. The molecule has 158 valence electrons. The fourth-order valence-corrected chi connectivity index (χ4v) is 5.05. The lowest BCUT2D eigenvalue weighted by Crippen LogP contribution is -2.43. The summed E-state index contributed by atoms with van der Waals surface area (Å²) < 4.78 is 6.00. The van der Waals surface area contributed by atoms with Crippen LogP contribution in [0, 0.1) is 11.3 Å². The normalized spacial score (nSPS) is 24.6. The topological polar surface area (TPSA) is 83.5 Å². The van der Waals surface area contributed by atoms with E-state index in [4.69, 9.17) is 4.42 Å². The number of fused-ring (bicyclic) bond motifs is 1. The number of rotatable bonds is 8. The fourth-order valence-electron chi connectivity index (χ4n) is 5.05. The third-order valence-electron chi connectivity index (χ3n) is 6.07. The number of carbonyl (C=O) groups excluding carboxylic acids is 1. The lowest BCUT2D eigenvalue weighted by atomic mass is 9.80.